The third-order valence-corrected chi connectivity index (χ3v) is 14.9. The van der Waals surface area contributed by atoms with E-state index in [9.17, 15) is 0 Å². The summed E-state index contributed by atoms with van der Waals surface area (Å²) in [5.74, 6) is 0. The number of furan rings is 3. The van der Waals surface area contributed by atoms with Gasteiger partial charge in [-0.25, -0.2) is 0 Å². The molecule has 73 heavy (non-hydrogen) atoms. The monoisotopic (exact) mass is 940 g/mol. The third kappa shape index (κ3) is 6.62. The van der Waals surface area contributed by atoms with Crippen molar-refractivity contribution in [1.82, 2.24) is 0 Å². The van der Waals surface area contributed by atoms with Crippen molar-refractivity contribution in [3.05, 3.63) is 241 Å². The summed E-state index contributed by atoms with van der Waals surface area (Å²) in [6, 6.07) is 77.9. The fourth-order valence-electron chi connectivity index (χ4n) is 11.4. The Morgan fingerprint density at radius 1 is 0.274 bits per heavy atom. The lowest BCUT2D eigenvalue weighted by molar-refractivity contribution is 0.667. The molecule has 0 saturated carbocycles. The van der Waals surface area contributed by atoms with Gasteiger partial charge in [0.25, 0.3) is 0 Å². The van der Waals surface area contributed by atoms with Gasteiger partial charge in [0.05, 0.1) is 28.1 Å². The molecular formula is C68H48N2O3. The Balaban J connectivity index is 1.10. The molecule has 11 aromatic carbocycles. The molecule has 0 radical (unpaired) electrons. The molecule has 0 amide bonds. The van der Waals surface area contributed by atoms with Crippen LogP contribution in [-0.2, 0) is 0 Å². The van der Waals surface area contributed by atoms with Crippen LogP contribution in [-0.4, -0.2) is 0 Å². The average Bonchev–Trinajstić information content (AvgIpc) is 4.14. The highest BCUT2D eigenvalue weighted by Gasteiger charge is 2.32. The molecule has 14 rings (SSSR count). The molecule has 3 aromatic heterocycles. The number of para-hydroxylation sites is 5. The number of anilines is 6. The third-order valence-electron chi connectivity index (χ3n) is 14.9. The van der Waals surface area contributed by atoms with E-state index in [1.807, 2.05) is 0 Å². The van der Waals surface area contributed by atoms with Crippen molar-refractivity contribution in [2.24, 2.45) is 0 Å². The first-order chi connectivity index (χ1) is 35.9. The van der Waals surface area contributed by atoms with Crippen LogP contribution in [0, 0.1) is 27.7 Å². The van der Waals surface area contributed by atoms with Gasteiger partial charge in [-0.1, -0.05) is 187 Å². The minimum absolute atomic E-state index is 0.750. The van der Waals surface area contributed by atoms with Crippen molar-refractivity contribution in [2.75, 3.05) is 9.80 Å². The van der Waals surface area contributed by atoms with E-state index in [1.165, 1.54) is 22.3 Å². The minimum Gasteiger partial charge on any atom is -0.454 e. The summed E-state index contributed by atoms with van der Waals surface area (Å²) in [4.78, 5) is 4.76. The van der Waals surface area contributed by atoms with Crippen LogP contribution in [0.1, 0.15) is 22.3 Å². The highest BCUT2D eigenvalue weighted by atomic mass is 16.3. The van der Waals surface area contributed by atoms with Gasteiger partial charge in [0, 0.05) is 60.2 Å². The van der Waals surface area contributed by atoms with Crippen molar-refractivity contribution in [3.63, 3.8) is 0 Å². The Kier molecular flexibility index (Phi) is 9.70. The maximum absolute atomic E-state index is 7.37. The van der Waals surface area contributed by atoms with Gasteiger partial charge >= 0.3 is 0 Å². The molecule has 0 N–H and O–H groups in total. The van der Waals surface area contributed by atoms with Gasteiger partial charge in [0.15, 0.2) is 16.7 Å². The second kappa shape index (κ2) is 16.6. The predicted octanol–water partition coefficient (Wildman–Crippen LogP) is 20.0. The number of fused-ring (bicyclic) bond motifs is 10. The highest BCUT2D eigenvalue weighted by molar-refractivity contribution is 6.29. The maximum Gasteiger partial charge on any atom is 0.162 e. The lowest BCUT2D eigenvalue weighted by atomic mass is 9.97. The van der Waals surface area contributed by atoms with Gasteiger partial charge in [0.2, 0.25) is 0 Å². The van der Waals surface area contributed by atoms with E-state index < -0.39 is 0 Å². The molecule has 0 atom stereocenters. The zero-order valence-corrected chi connectivity index (χ0v) is 40.9. The van der Waals surface area contributed by atoms with Gasteiger partial charge in [-0.15, -0.1) is 0 Å². The topological polar surface area (TPSA) is 45.9 Å². The Hall–Kier alpha value is -9.32. The van der Waals surface area contributed by atoms with Gasteiger partial charge < -0.3 is 23.1 Å². The lowest BCUT2D eigenvalue weighted by Crippen LogP contribution is -2.14. The Bertz CT molecular complexity index is 4500. The second-order valence-corrected chi connectivity index (χ2v) is 19.4. The predicted molar refractivity (Wildman–Crippen MR) is 305 cm³/mol. The standard InChI is InChI=1S/C68H48N2O3/c1-41-33-37-45(38-34-41)69(58-30-15-28-55-53-26-13-24-51(64(53)72-66(55)58)47-19-7-5-17-43(47)3)62-49-21-9-10-22-50(49)63(68-61(62)57-23-11-12-32-60(57)71-68)70(46-39-35-42(2)36-40-46)59-31-16-29-56-54-27-14-25-52(65(54)73-67(56)59)48-20-8-6-18-44(48)4/h5-40H,1-4H3. The molecule has 14 aromatic rings. The second-order valence-electron chi connectivity index (χ2n) is 19.4. The zero-order chi connectivity index (χ0) is 48.9. The quantitative estimate of drug-likeness (QED) is 0.142. The van der Waals surface area contributed by atoms with Crippen LogP contribution < -0.4 is 9.80 Å². The molecule has 0 aliphatic heterocycles. The SMILES string of the molecule is Cc1ccc(N(c2cccc3c2oc2c(-c4ccccc4C)cccc23)c2c3ccccc3c(N(c3ccc(C)cc3)c3cccc4c3oc3c(-c5ccccc5C)cccc34)c3c2oc2ccccc23)cc1. The molecule has 0 spiro atoms. The molecule has 5 nitrogen and oxygen atoms in total. The smallest absolute Gasteiger partial charge is 0.162 e. The van der Waals surface area contributed by atoms with E-state index in [1.54, 1.807) is 0 Å². The Morgan fingerprint density at radius 2 is 0.658 bits per heavy atom. The van der Waals surface area contributed by atoms with Crippen molar-refractivity contribution in [1.29, 1.82) is 0 Å². The van der Waals surface area contributed by atoms with Gasteiger partial charge in [-0.3, -0.25) is 0 Å². The summed E-state index contributed by atoms with van der Waals surface area (Å²) in [5, 5.41) is 8.25. The number of hydrogen-bond acceptors (Lipinski definition) is 5. The molecule has 0 fully saturated rings. The van der Waals surface area contributed by atoms with E-state index in [4.69, 9.17) is 13.3 Å². The molecule has 0 aliphatic rings. The first-order valence-corrected chi connectivity index (χ1v) is 25.0. The fourth-order valence-corrected chi connectivity index (χ4v) is 11.4. The van der Waals surface area contributed by atoms with Crippen LogP contribution in [0.2, 0.25) is 0 Å². The summed E-state index contributed by atoms with van der Waals surface area (Å²) in [6.07, 6.45) is 0. The summed E-state index contributed by atoms with van der Waals surface area (Å²) in [6.45, 7) is 8.60. The number of rotatable bonds is 8. The molecule has 0 aliphatic carbocycles. The van der Waals surface area contributed by atoms with Crippen LogP contribution in [0.15, 0.2) is 232 Å². The summed E-state index contributed by atoms with van der Waals surface area (Å²) < 4.78 is 21.9. The van der Waals surface area contributed by atoms with Crippen LogP contribution in [0.25, 0.3) is 98.8 Å². The number of hydrogen-bond donors (Lipinski definition) is 0. The highest BCUT2D eigenvalue weighted by Crippen LogP contribution is 2.56. The average molecular weight is 941 g/mol. The molecular weight excluding hydrogens is 893 g/mol. The van der Waals surface area contributed by atoms with Gasteiger partial charge in [0.1, 0.15) is 16.7 Å². The van der Waals surface area contributed by atoms with Crippen LogP contribution >= 0.6 is 0 Å². The number of nitrogens with zero attached hydrogens (tertiary/aromatic N) is 2. The first-order valence-electron chi connectivity index (χ1n) is 25.0. The normalized spacial score (nSPS) is 11.8. The van der Waals surface area contributed by atoms with Gasteiger partial charge in [-0.2, -0.15) is 0 Å². The summed E-state index contributed by atoms with van der Waals surface area (Å²) in [7, 11) is 0. The molecule has 0 bridgehead atoms. The van der Waals surface area contributed by atoms with Gasteiger partial charge in [-0.05, 0) is 92.4 Å². The minimum atomic E-state index is 0.750. The Morgan fingerprint density at radius 3 is 1.16 bits per heavy atom. The van der Waals surface area contributed by atoms with E-state index in [-0.39, 0.29) is 0 Å². The number of aryl methyl sites for hydroxylation is 4. The van der Waals surface area contributed by atoms with Crippen LogP contribution in [0.3, 0.4) is 0 Å². The largest absolute Gasteiger partial charge is 0.454 e. The lowest BCUT2D eigenvalue weighted by Gasteiger charge is -2.31. The summed E-state index contributed by atoms with van der Waals surface area (Å²) in [5.41, 5.74) is 19.7. The fraction of sp³-hybridized carbons (Fsp3) is 0.0588. The van der Waals surface area contributed by atoms with Crippen molar-refractivity contribution < 1.29 is 13.3 Å². The van der Waals surface area contributed by atoms with E-state index in [2.05, 4.69) is 256 Å². The van der Waals surface area contributed by atoms with E-state index in [0.717, 1.165) is 133 Å². The van der Waals surface area contributed by atoms with Crippen molar-refractivity contribution in [3.8, 4) is 22.3 Å². The summed E-state index contributed by atoms with van der Waals surface area (Å²) >= 11 is 0. The molecule has 0 unspecified atom stereocenters. The van der Waals surface area contributed by atoms with E-state index in [0.29, 0.717) is 0 Å². The van der Waals surface area contributed by atoms with Crippen LogP contribution in [0.5, 0.6) is 0 Å². The number of benzene rings is 11. The molecule has 3 heterocycles. The first kappa shape index (κ1) is 42.5. The van der Waals surface area contributed by atoms with Crippen molar-refractivity contribution in [2.45, 2.75) is 27.7 Å². The molecule has 348 valence electrons. The van der Waals surface area contributed by atoms with E-state index >= 15 is 0 Å². The maximum atomic E-state index is 7.37. The molecule has 0 saturated heterocycles. The van der Waals surface area contributed by atoms with Crippen molar-refractivity contribution >= 4 is 111 Å². The molecule has 5 heteroatoms. The Labute approximate surface area is 422 Å². The zero-order valence-electron chi connectivity index (χ0n) is 40.9. The van der Waals surface area contributed by atoms with Crippen LogP contribution in [0.4, 0.5) is 34.1 Å².